The van der Waals surface area contributed by atoms with E-state index in [0.29, 0.717) is 4.88 Å². The summed E-state index contributed by atoms with van der Waals surface area (Å²) in [7, 11) is 0. The van der Waals surface area contributed by atoms with Crippen LogP contribution in [0, 0.1) is 6.92 Å². The highest BCUT2D eigenvalue weighted by Gasteiger charge is 2.26. The highest BCUT2D eigenvalue weighted by atomic mass is 32.1. The third-order valence-electron chi connectivity index (χ3n) is 2.79. The summed E-state index contributed by atoms with van der Waals surface area (Å²) in [4.78, 5) is 11.8. The van der Waals surface area contributed by atoms with E-state index in [-0.39, 0.29) is 5.41 Å². The van der Waals surface area contributed by atoms with Gasteiger partial charge in [0.2, 0.25) is 0 Å². The van der Waals surface area contributed by atoms with Crippen LogP contribution in [0.4, 0.5) is 0 Å². The SMILES string of the molecule is Cc1ccc2sc(C(=O)O)c(C(C)(C)C)c2c1. The molecule has 0 atom stereocenters. The van der Waals surface area contributed by atoms with Crippen LogP contribution in [0.15, 0.2) is 18.2 Å². The van der Waals surface area contributed by atoms with E-state index < -0.39 is 5.97 Å². The molecule has 90 valence electrons. The molecule has 0 spiro atoms. The maximum absolute atomic E-state index is 11.3. The van der Waals surface area contributed by atoms with E-state index in [4.69, 9.17) is 0 Å². The van der Waals surface area contributed by atoms with Crippen LogP contribution in [0.25, 0.3) is 10.1 Å². The van der Waals surface area contributed by atoms with Crippen LogP contribution in [-0.2, 0) is 5.41 Å². The zero-order chi connectivity index (χ0) is 12.8. The van der Waals surface area contributed by atoms with Crippen molar-refractivity contribution in [3.63, 3.8) is 0 Å². The molecular weight excluding hydrogens is 232 g/mol. The van der Waals surface area contributed by atoms with Crippen LogP contribution in [0.2, 0.25) is 0 Å². The highest BCUT2D eigenvalue weighted by Crippen LogP contribution is 2.39. The molecule has 2 aromatic rings. The van der Waals surface area contributed by atoms with Crippen molar-refractivity contribution in [2.24, 2.45) is 0 Å². The first-order valence-electron chi connectivity index (χ1n) is 5.57. The number of hydrogen-bond donors (Lipinski definition) is 1. The lowest BCUT2D eigenvalue weighted by Crippen LogP contribution is -2.14. The van der Waals surface area contributed by atoms with Gasteiger partial charge in [0.25, 0.3) is 0 Å². The van der Waals surface area contributed by atoms with Crippen molar-refractivity contribution in [1.82, 2.24) is 0 Å². The Morgan fingerprint density at radius 1 is 1.29 bits per heavy atom. The van der Waals surface area contributed by atoms with E-state index in [0.717, 1.165) is 21.2 Å². The molecule has 0 aliphatic rings. The van der Waals surface area contributed by atoms with Gasteiger partial charge in [0.05, 0.1) is 0 Å². The molecule has 3 heteroatoms. The first-order valence-corrected chi connectivity index (χ1v) is 6.39. The molecule has 2 nitrogen and oxygen atoms in total. The van der Waals surface area contributed by atoms with Crippen molar-refractivity contribution >= 4 is 27.4 Å². The molecule has 1 N–H and O–H groups in total. The fraction of sp³-hybridized carbons (Fsp3) is 0.357. The molecule has 0 saturated heterocycles. The second kappa shape index (κ2) is 3.84. The average Bonchev–Trinajstić information content (AvgIpc) is 2.55. The Kier molecular flexibility index (Phi) is 2.74. The lowest BCUT2D eigenvalue weighted by atomic mass is 9.84. The molecule has 2 rings (SSSR count). The summed E-state index contributed by atoms with van der Waals surface area (Å²) in [5, 5.41) is 10.4. The second-order valence-corrected chi connectivity index (χ2v) is 6.41. The van der Waals surface area contributed by atoms with Crippen molar-refractivity contribution < 1.29 is 9.90 Å². The molecule has 0 unspecified atom stereocenters. The number of rotatable bonds is 1. The van der Waals surface area contributed by atoms with Crippen molar-refractivity contribution in [3.05, 3.63) is 34.2 Å². The lowest BCUT2D eigenvalue weighted by Gasteiger charge is -2.19. The summed E-state index contributed by atoms with van der Waals surface area (Å²) in [5.41, 5.74) is 1.96. The number of carboxylic acids is 1. The van der Waals surface area contributed by atoms with Crippen LogP contribution >= 0.6 is 11.3 Å². The average molecular weight is 248 g/mol. The Hall–Kier alpha value is -1.35. The summed E-state index contributed by atoms with van der Waals surface area (Å²) < 4.78 is 1.05. The Morgan fingerprint density at radius 3 is 2.47 bits per heavy atom. The Labute approximate surface area is 105 Å². The maximum Gasteiger partial charge on any atom is 0.346 e. The Bertz CT molecular complexity index is 588. The number of carbonyl (C=O) groups is 1. The van der Waals surface area contributed by atoms with Gasteiger partial charge < -0.3 is 5.11 Å². The quantitative estimate of drug-likeness (QED) is 0.821. The fourth-order valence-electron chi connectivity index (χ4n) is 2.11. The summed E-state index contributed by atoms with van der Waals surface area (Å²) in [5.74, 6) is -0.825. The van der Waals surface area contributed by atoms with Gasteiger partial charge in [-0.25, -0.2) is 4.79 Å². The predicted octanol–water partition coefficient (Wildman–Crippen LogP) is 4.21. The molecule has 0 fully saturated rings. The number of thiophene rings is 1. The molecule has 0 saturated carbocycles. The number of hydrogen-bond acceptors (Lipinski definition) is 2. The van der Waals surface area contributed by atoms with Crippen molar-refractivity contribution in [2.75, 3.05) is 0 Å². The molecular formula is C14H16O2S. The van der Waals surface area contributed by atoms with E-state index in [1.165, 1.54) is 11.3 Å². The number of carboxylic acid groups (broad SMARTS) is 1. The van der Waals surface area contributed by atoms with Gasteiger partial charge in [-0.3, -0.25) is 0 Å². The van der Waals surface area contributed by atoms with Gasteiger partial charge in [0.1, 0.15) is 4.88 Å². The normalized spacial score (nSPS) is 12.0. The molecule has 0 aliphatic heterocycles. The van der Waals surface area contributed by atoms with E-state index in [1.807, 2.05) is 19.1 Å². The molecule has 1 heterocycles. The van der Waals surface area contributed by atoms with Gasteiger partial charge >= 0.3 is 5.97 Å². The summed E-state index contributed by atoms with van der Waals surface area (Å²) in [6, 6.07) is 6.12. The molecule has 0 bridgehead atoms. The smallest absolute Gasteiger partial charge is 0.346 e. The van der Waals surface area contributed by atoms with Gasteiger partial charge in [-0.2, -0.15) is 0 Å². The van der Waals surface area contributed by atoms with Gasteiger partial charge in [-0.1, -0.05) is 38.5 Å². The Morgan fingerprint density at radius 2 is 1.94 bits per heavy atom. The fourth-order valence-corrected chi connectivity index (χ4v) is 3.34. The van der Waals surface area contributed by atoms with Crippen LogP contribution < -0.4 is 0 Å². The van der Waals surface area contributed by atoms with E-state index >= 15 is 0 Å². The van der Waals surface area contributed by atoms with Gasteiger partial charge in [0, 0.05) is 4.70 Å². The minimum atomic E-state index is -0.825. The van der Waals surface area contributed by atoms with Gasteiger partial charge in [-0.15, -0.1) is 11.3 Å². The summed E-state index contributed by atoms with van der Waals surface area (Å²) >= 11 is 1.37. The number of benzene rings is 1. The minimum absolute atomic E-state index is 0.153. The monoisotopic (exact) mass is 248 g/mol. The van der Waals surface area contributed by atoms with Crippen LogP contribution in [0.5, 0.6) is 0 Å². The van der Waals surface area contributed by atoms with Crippen molar-refractivity contribution in [1.29, 1.82) is 0 Å². The number of fused-ring (bicyclic) bond motifs is 1. The van der Waals surface area contributed by atoms with Crippen molar-refractivity contribution in [2.45, 2.75) is 33.1 Å². The van der Waals surface area contributed by atoms with Crippen LogP contribution in [0.1, 0.15) is 41.6 Å². The third kappa shape index (κ3) is 2.07. The van der Waals surface area contributed by atoms with Gasteiger partial charge in [0.15, 0.2) is 0 Å². The minimum Gasteiger partial charge on any atom is -0.477 e. The largest absolute Gasteiger partial charge is 0.477 e. The topological polar surface area (TPSA) is 37.3 Å². The van der Waals surface area contributed by atoms with Crippen LogP contribution in [-0.4, -0.2) is 11.1 Å². The molecule has 1 aromatic carbocycles. The molecule has 0 aliphatic carbocycles. The third-order valence-corrected chi connectivity index (χ3v) is 3.95. The van der Waals surface area contributed by atoms with Gasteiger partial charge in [-0.05, 0) is 29.4 Å². The standard InChI is InChI=1S/C14H16O2S/c1-8-5-6-10-9(7-8)11(14(2,3)4)12(17-10)13(15)16/h5-7H,1-4H3,(H,15,16). The maximum atomic E-state index is 11.3. The van der Waals surface area contributed by atoms with Crippen LogP contribution in [0.3, 0.4) is 0 Å². The molecule has 1 aromatic heterocycles. The summed E-state index contributed by atoms with van der Waals surface area (Å²) in [6.45, 7) is 8.21. The lowest BCUT2D eigenvalue weighted by molar-refractivity contribution is 0.0700. The number of aromatic carboxylic acids is 1. The van der Waals surface area contributed by atoms with E-state index in [2.05, 4.69) is 26.8 Å². The number of aryl methyl sites for hydroxylation is 1. The van der Waals surface area contributed by atoms with E-state index in [9.17, 15) is 9.90 Å². The zero-order valence-corrected chi connectivity index (χ0v) is 11.3. The summed E-state index contributed by atoms with van der Waals surface area (Å²) in [6.07, 6.45) is 0. The first kappa shape index (κ1) is 12.1. The molecule has 0 radical (unpaired) electrons. The Balaban J connectivity index is 2.87. The predicted molar refractivity (Wildman–Crippen MR) is 72.2 cm³/mol. The first-order chi connectivity index (χ1) is 7.80. The molecule has 0 amide bonds. The van der Waals surface area contributed by atoms with E-state index in [1.54, 1.807) is 0 Å². The highest BCUT2D eigenvalue weighted by molar-refractivity contribution is 7.21. The zero-order valence-electron chi connectivity index (χ0n) is 10.5. The van der Waals surface area contributed by atoms with Crippen molar-refractivity contribution in [3.8, 4) is 0 Å². The second-order valence-electron chi connectivity index (χ2n) is 5.36. The molecule has 17 heavy (non-hydrogen) atoms.